The molecule has 1 rings (SSSR count). The molecule has 1 saturated heterocycles. The summed E-state index contributed by atoms with van der Waals surface area (Å²) in [7, 11) is 0. The summed E-state index contributed by atoms with van der Waals surface area (Å²) in [4.78, 5) is 38.7. The van der Waals surface area contributed by atoms with Crippen LogP contribution in [0.1, 0.15) is 20.8 Å². The van der Waals surface area contributed by atoms with Crippen molar-refractivity contribution in [3.63, 3.8) is 0 Å². The molecular formula is C16H28N5O3+. The minimum atomic E-state index is -1.07. The Morgan fingerprint density at radius 2 is 2.00 bits per heavy atom. The molecule has 0 aromatic rings. The fraction of sp³-hybridized carbons (Fsp3) is 0.562. The zero-order chi connectivity index (χ0) is 18.1. The lowest BCUT2D eigenvalue weighted by atomic mass is 10.0. The van der Waals surface area contributed by atoms with Crippen molar-refractivity contribution in [2.45, 2.75) is 20.8 Å². The van der Waals surface area contributed by atoms with E-state index < -0.39 is 23.8 Å². The Kier molecular flexibility index (Phi) is 8.14. The molecule has 1 heterocycles. The first kappa shape index (κ1) is 19.9. The molecule has 24 heavy (non-hydrogen) atoms. The van der Waals surface area contributed by atoms with Gasteiger partial charge in [0.1, 0.15) is 0 Å². The Bertz CT molecular complexity index is 514. The standard InChI is InChI=1S/C16H27N5O3/c1-5-10-21-15(23)13(14(22)18-16(21)24)12(6-2)19-17-9-11-20(7-3)8-4/h5-6,13,17,19H,1,7-11H2,2-4H3,(H,18,22,24)/p+1/b12-6+/t13-/m0/s1. The molecule has 134 valence electrons. The van der Waals surface area contributed by atoms with Gasteiger partial charge in [0.25, 0.3) is 0 Å². The van der Waals surface area contributed by atoms with Crippen molar-refractivity contribution in [3.05, 3.63) is 24.4 Å². The van der Waals surface area contributed by atoms with Gasteiger partial charge in [-0.15, -0.1) is 6.58 Å². The monoisotopic (exact) mass is 338 g/mol. The number of rotatable bonds is 10. The van der Waals surface area contributed by atoms with Crippen LogP contribution in [-0.2, 0) is 9.59 Å². The molecule has 0 aromatic heterocycles. The van der Waals surface area contributed by atoms with Crippen molar-refractivity contribution in [1.82, 2.24) is 21.1 Å². The third-order valence-corrected chi connectivity index (χ3v) is 4.02. The normalized spacial score (nSPS) is 18.8. The summed E-state index contributed by atoms with van der Waals surface area (Å²) in [6.45, 7) is 13.2. The molecular weight excluding hydrogens is 310 g/mol. The highest BCUT2D eigenvalue weighted by Gasteiger charge is 2.41. The molecule has 8 nitrogen and oxygen atoms in total. The van der Waals surface area contributed by atoms with E-state index in [2.05, 4.69) is 36.6 Å². The number of nitrogens with zero attached hydrogens (tertiary/aromatic N) is 1. The molecule has 1 aliphatic heterocycles. The van der Waals surface area contributed by atoms with Gasteiger partial charge in [0.05, 0.1) is 26.2 Å². The molecule has 4 amide bonds. The molecule has 0 bridgehead atoms. The summed E-state index contributed by atoms with van der Waals surface area (Å²) in [5.41, 5.74) is 6.39. The van der Waals surface area contributed by atoms with Crippen LogP contribution in [0.25, 0.3) is 0 Å². The summed E-state index contributed by atoms with van der Waals surface area (Å²) in [6.07, 6.45) is 3.10. The molecule has 0 spiro atoms. The van der Waals surface area contributed by atoms with Gasteiger partial charge in [-0.3, -0.25) is 19.8 Å². The maximum atomic E-state index is 12.5. The van der Waals surface area contributed by atoms with E-state index in [-0.39, 0.29) is 6.54 Å². The van der Waals surface area contributed by atoms with E-state index in [1.807, 2.05) is 0 Å². The number of quaternary nitrogens is 1. The Morgan fingerprint density at radius 3 is 2.54 bits per heavy atom. The number of urea groups is 1. The van der Waals surface area contributed by atoms with Crippen molar-refractivity contribution in [3.8, 4) is 0 Å². The number of hydrogen-bond acceptors (Lipinski definition) is 5. The number of hydrogen-bond donors (Lipinski definition) is 4. The number of barbiturate groups is 1. The van der Waals surface area contributed by atoms with E-state index in [1.54, 1.807) is 13.0 Å². The predicted octanol–water partition coefficient (Wildman–Crippen LogP) is -1.21. The smallest absolute Gasteiger partial charge is 0.331 e. The third-order valence-electron chi connectivity index (χ3n) is 4.02. The Labute approximate surface area is 142 Å². The van der Waals surface area contributed by atoms with Crippen LogP contribution < -0.4 is 21.1 Å². The van der Waals surface area contributed by atoms with Gasteiger partial charge in [0.15, 0.2) is 5.92 Å². The first-order valence-corrected chi connectivity index (χ1v) is 8.25. The van der Waals surface area contributed by atoms with E-state index in [1.165, 1.54) is 11.0 Å². The molecule has 4 N–H and O–H groups in total. The predicted molar refractivity (Wildman–Crippen MR) is 90.7 cm³/mol. The van der Waals surface area contributed by atoms with Crippen LogP contribution in [0.2, 0.25) is 0 Å². The van der Waals surface area contributed by atoms with Gasteiger partial charge in [-0.05, 0) is 20.8 Å². The average molecular weight is 338 g/mol. The molecule has 8 heteroatoms. The van der Waals surface area contributed by atoms with Crippen LogP contribution in [0, 0.1) is 5.92 Å². The van der Waals surface area contributed by atoms with E-state index in [0.717, 1.165) is 24.5 Å². The number of hydrazine groups is 1. The molecule has 0 unspecified atom stereocenters. The van der Waals surface area contributed by atoms with Gasteiger partial charge in [-0.2, -0.15) is 0 Å². The number of nitrogens with one attached hydrogen (secondary N) is 4. The van der Waals surface area contributed by atoms with Crippen molar-refractivity contribution in [1.29, 1.82) is 0 Å². The molecule has 1 fully saturated rings. The summed E-state index contributed by atoms with van der Waals surface area (Å²) in [5.74, 6) is -2.25. The van der Waals surface area contributed by atoms with E-state index in [0.29, 0.717) is 12.2 Å². The molecule has 0 radical (unpaired) electrons. The quantitative estimate of drug-likeness (QED) is 0.174. The maximum absolute atomic E-state index is 12.5. The fourth-order valence-electron chi connectivity index (χ4n) is 2.51. The van der Waals surface area contributed by atoms with Crippen LogP contribution in [-0.4, -0.2) is 55.5 Å². The van der Waals surface area contributed by atoms with Crippen molar-refractivity contribution in [2.75, 3.05) is 32.7 Å². The molecule has 0 saturated carbocycles. The Hall–Kier alpha value is -2.19. The van der Waals surface area contributed by atoms with Gasteiger partial charge in [0.2, 0.25) is 11.8 Å². The van der Waals surface area contributed by atoms with Gasteiger partial charge in [-0.25, -0.2) is 10.2 Å². The van der Waals surface area contributed by atoms with Crippen LogP contribution in [0.3, 0.4) is 0 Å². The Morgan fingerprint density at radius 1 is 1.33 bits per heavy atom. The first-order chi connectivity index (χ1) is 11.5. The lowest BCUT2D eigenvalue weighted by Gasteiger charge is -2.31. The summed E-state index contributed by atoms with van der Waals surface area (Å²) < 4.78 is 0. The van der Waals surface area contributed by atoms with Crippen LogP contribution in [0.5, 0.6) is 0 Å². The topological polar surface area (TPSA) is 95.0 Å². The number of allylic oxidation sites excluding steroid dienone is 1. The maximum Gasteiger partial charge on any atom is 0.331 e. The first-order valence-electron chi connectivity index (χ1n) is 8.25. The minimum Gasteiger partial charge on any atom is -0.334 e. The lowest BCUT2D eigenvalue weighted by Crippen LogP contribution is -3.12. The Balaban J connectivity index is 2.69. The van der Waals surface area contributed by atoms with E-state index >= 15 is 0 Å². The zero-order valence-corrected chi connectivity index (χ0v) is 14.6. The number of likely N-dealkylation sites (N-methyl/N-ethyl adjacent to an activating group) is 1. The lowest BCUT2D eigenvalue weighted by molar-refractivity contribution is -0.895. The zero-order valence-electron chi connectivity index (χ0n) is 14.6. The summed E-state index contributed by atoms with van der Waals surface area (Å²) >= 11 is 0. The number of amides is 4. The number of carbonyl (C=O) groups is 3. The number of imide groups is 2. The highest BCUT2D eigenvalue weighted by molar-refractivity contribution is 6.17. The van der Waals surface area contributed by atoms with Gasteiger partial charge < -0.3 is 10.3 Å². The van der Waals surface area contributed by atoms with Crippen LogP contribution in [0.4, 0.5) is 4.79 Å². The molecule has 0 aromatic carbocycles. The molecule has 1 atom stereocenters. The number of carbonyl (C=O) groups excluding carboxylic acids is 3. The second kappa shape index (κ2) is 9.84. The second-order valence-electron chi connectivity index (χ2n) is 5.47. The van der Waals surface area contributed by atoms with Gasteiger partial charge in [0, 0.05) is 12.2 Å². The highest BCUT2D eigenvalue weighted by atomic mass is 16.2. The largest absolute Gasteiger partial charge is 0.334 e. The minimum absolute atomic E-state index is 0.0597. The second-order valence-corrected chi connectivity index (χ2v) is 5.47. The van der Waals surface area contributed by atoms with Gasteiger partial charge >= 0.3 is 6.03 Å². The third kappa shape index (κ3) is 4.90. The van der Waals surface area contributed by atoms with Crippen LogP contribution >= 0.6 is 0 Å². The van der Waals surface area contributed by atoms with Crippen molar-refractivity contribution < 1.29 is 19.3 Å². The van der Waals surface area contributed by atoms with Crippen LogP contribution in [0.15, 0.2) is 24.4 Å². The van der Waals surface area contributed by atoms with Gasteiger partial charge in [-0.1, -0.05) is 12.2 Å². The van der Waals surface area contributed by atoms with E-state index in [9.17, 15) is 14.4 Å². The SMILES string of the molecule is C=CCN1C(=O)NC(=O)[C@H](/C(=C\C)NNCC[NH+](CC)CC)C1=O. The summed E-state index contributed by atoms with van der Waals surface area (Å²) in [6, 6.07) is -0.713. The van der Waals surface area contributed by atoms with Crippen molar-refractivity contribution >= 4 is 17.8 Å². The highest BCUT2D eigenvalue weighted by Crippen LogP contribution is 2.17. The average Bonchev–Trinajstić information content (AvgIpc) is 2.56. The summed E-state index contributed by atoms with van der Waals surface area (Å²) in [5, 5.41) is 2.20. The van der Waals surface area contributed by atoms with E-state index in [4.69, 9.17) is 0 Å². The molecule has 0 aliphatic carbocycles. The molecule has 1 aliphatic rings. The van der Waals surface area contributed by atoms with Crippen molar-refractivity contribution in [2.24, 2.45) is 5.92 Å². The fourth-order valence-corrected chi connectivity index (χ4v) is 2.51.